The van der Waals surface area contributed by atoms with Gasteiger partial charge in [-0.3, -0.25) is 4.90 Å². The molecule has 0 amide bonds. The van der Waals surface area contributed by atoms with E-state index in [0.717, 1.165) is 25.3 Å². The van der Waals surface area contributed by atoms with Gasteiger partial charge in [0.05, 0.1) is 0 Å². The smallest absolute Gasteiger partial charge is 0.126 e. The molecule has 0 bridgehead atoms. The van der Waals surface area contributed by atoms with Crippen molar-refractivity contribution in [3.8, 4) is 0 Å². The molecule has 3 nitrogen and oxygen atoms in total. The standard InChI is InChI=1S/C15H27N3/c1-4-8-16-15-12-14(7-9-17-15)13-18(10-5-2)11-6-3/h7,9,12H,4-6,8,10-11,13H2,1-3H3,(H,16,17). The minimum Gasteiger partial charge on any atom is -0.370 e. The van der Waals surface area contributed by atoms with E-state index in [2.05, 4.69) is 48.1 Å². The molecule has 0 spiro atoms. The molecule has 3 heteroatoms. The Labute approximate surface area is 112 Å². The maximum Gasteiger partial charge on any atom is 0.126 e. The van der Waals surface area contributed by atoms with Crippen molar-refractivity contribution in [2.75, 3.05) is 25.0 Å². The summed E-state index contributed by atoms with van der Waals surface area (Å²) < 4.78 is 0. The monoisotopic (exact) mass is 249 g/mol. The predicted molar refractivity (Wildman–Crippen MR) is 78.9 cm³/mol. The Morgan fingerprint density at radius 1 is 1.11 bits per heavy atom. The van der Waals surface area contributed by atoms with Crippen LogP contribution in [0.15, 0.2) is 18.3 Å². The van der Waals surface area contributed by atoms with Crippen molar-refractivity contribution in [1.29, 1.82) is 0 Å². The number of anilines is 1. The van der Waals surface area contributed by atoms with Gasteiger partial charge in [-0.2, -0.15) is 0 Å². The van der Waals surface area contributed by atoms with E-state index in [4.69, 9.17) is 0 Å². The molecule has 1 N–H and O–H groups in total. The second-order valence-electron chi connectivity index (χ2n) is 4.75. The van der Waals surface area contributed by atoms with Crippen molar-refractivity contribution in [3.63, 3.8) is 0 Å². The fourth-order valence-electron chi connectivity index (χ4n) is 2.08. The predicted octanol–water partition coefficient (Wildman–Crippen LogP) is 3.53. The molecular formula is C15H27N3. The molecule has 0 saturated heterocycles. The molecular weight excluding hydrogens is 222 g/mol. The zero-order valence-electron chi connectivity index (χ0n) is 12.1. The molecule has 0 aliphatic rings. The Bertz CT molecular complexity index is 319. The molecule has 0 aromatic carbocycles. The van der Waals surface area contributed by atoms with Gasteiger partial charge in [0.2, 0.25) is 0 Å². The summed E-state index contributed by atoms with van der Waals surface area (Å²) in [6.07, 6.45) is 5.46. The van der Waals surface area contributed by atoms with Crippen LogP contribution in [0, 0.1) is 0 Å². The molecule has 0 radical (unpaired) electrons. The molecule has 0 saturated carbocycles. The molecule has 0 aliphatic carbocycles. The van der Waals surface area contributed by atoms with Gasteiger partial charge >= 0.3 is 0 Å². The summed E-state index contributed by atoms with van der Waals surface area (Å²) >= 11 is 0. The summed E-state index contributed by atoms with van der Waals surface area (Å²) in [5, 5.41) is 3.34. The van der Waals surface area contributed by atoms with Crippen molar-refractivity contribution in [2.45, 2.75) is 46.6 Å². The summed E-state index contributed by atoms with van der Waals surface area (Å²) in [6.45, 7) is 11.0. The fraction of sp³-hybridized carbons (Fsp3) is 0.667. The first-order valence-electron chi connectivity index (χ1n) is 7.21. The molecule has 0 atom stereocenters. The zero-order valence-corrected chi connectivity index (χ0v) is 12.1. The number of hydrogen-bond donors (Lipinski definition) is 1. The van der Waals surface area contributed by atoms with Crippen LogP contribution in [0.4, 0.5) is 5.82 Å². The van der Waals surface area contributed by atoms with Gasteiger partial charge in [0.25, 0.3) is 0 Å². The van der Waals surface area contributed by atoms with Crippen LogP contribution in [0.5, 0.6) is 0 Å². The third-order valence-electron chi connectivity index (χ3n) is 2.87. The third-order valence-corrected chi connectivity index (χ3v) is 2.87. The maximum atomic E-state index is 4.35. The number of aromatic nitrogens is 1. The van der Waals surface area contributed by atoms with Crippen LogP contribution in [0.25, 0.3) is 0 Å². The Morgan fingerprint density at radius 2 is 1.83 bits per heavy atom. The SMILES string of the molecule is CCCNc1cc(CN(CCC)CCC)ccn1. The highest BCUT2D eigenvalue weighted by molar-refractivity contribution is 5.37. The number of nitrogens with zero attached hydrogens (tertiary/aromatic N) is 2. The van der Waals surface area contributed by atoms with Gasteiger partial charge in [-0.25, -0.2) is 4.98 Å². The van der Waals surface area contributed by atoms with Gasteiger partial charge in [0.15, 0.2) is 0 Å². The van der Waals surface area contributed by atoms with E-state index in [1.165, 1.54) is 31.5 Å². The van der Waals surface area contributed by atoms with Crippen molar-refractivity contribution < 1.29 is 0 Å². The first-order chi connectivity index (χ1) is 8.80. The first-order valence-corrected chi connectivity index (χ1v) is 7.21. The summed E-state index contributed by atoms with van der Waals surface area (Å²) in [7, 11) is 0. The molecule has 1 rings (SSSR count). The lowest BCUT2D eigenvalue weighted by molar-refractivity contribution is 0.266. The minimum absolute atomic E-state index is 0.990. The molecule has 1 aromatic heterocycles. The van der Waals surface area contributed by atoms with Crippen LogP contribution in [0.2, 0.25) is 0 Å². The molecule has 0 aliphatic heterocycles. The average Bonchev–Trinajstić information content (AvgIpc) is 2.37. The lowest BCUT2D eigenvalue weighted by Crippen LogP contribution is -2.24. The van der Waals surface area contributed by atoms with Gasteiger partial charge in [0.1, 0.15) is 5.82 Å². The van der Waals surface area contributed by atoms with E-state index in [0.29, 0.717) is 0 Å². The van der Waals surface area contributed by atoms with Gasteiger partial charge in [0, 0.05) is 19.3 Å². The normalized spacial score (nSPS) is 10.9. The van der Waals surface area contributed by atoms with E-state index in [-0.39, 0.29) is 0 Å². The quantitative estimate of drug-likeness (QED) is 0.725. The van der Waals surface area contributed by atoms with Crippen molar-refractivity contribution in [3.05, 3.63) is 23.9 Å². The highest BCUT2D eigenvalue weighted by atomic mass is 15.1. The number of hydrogen-bond acceptors (Lipinski definition) is 3. The van der Waals surface area contributed by atoms with E-state index in [9.17, 15) is 0 Å². The van der Waals surface area contributed by atoms with E-state index in [1.54, 1.807) is 0 Å². The Balaban J connectivity index is 2.58. The lowest BCUT2D eigenvalue weighted by atomic mass is 10.2. The van der Waals surface area contributed by atoms with Crippen molar-refractivity contribution >= 4 is 5.82 Å². The molecule has 1 aromatic rings. The average molecular weight is 249 g/mol. The van der Waals surface area contributed by atoms with Crippen LogP contribution in [-0.4, -0.2) is 29.5 Å². The molecule has 1 heterocycles. The van der Waals surface area contributed by atoms with Gasteiger partial charge in [-0.15, -0.1) is 0 Å². The topological polar surface area (TPSA) is 28.2 Å². The van der Waals surface area contributed by atoms with Crippen molar-refractivity contribution in [1.82, 2.24) is 9.88 Å². The van der Waals surface area contributed by atoms with Crippen LogP contribution in [0.1, 0.15) is 45.6 Å². The highest BCUT2D eigenvalue weighted by Gasteiger charge is 2.04. The number of pyridine rings is 1. The molecule has 0 fully saturated rings. The maximum absolute atomic E-state index is 4.35. The number of rotatable bonds is 9. The summed E-state index contributed by atoms with van der Waals surface area (Å²) in [4.78, 5) is 6.86. The van der Waals surface area contributed by atoms with E-state index >= 15 is 0 Å². The minimum atomic E-state index is 0.990. The summed E-state index contributed by atoms with van der Waals surface area (Å²) in [6, 6.07) is 4.30. The van der Waals surface area contributed by atoms with Crippen molar-refractivity contribution in [2.24, 2.45) is 0 Å². The first kappa shape index (κ1) is 15.0. The van der Waals surface area contributed by atoms with Crippen LogP contribution in [-0.2, 0) is 6.54 Å². The Morgan fingerprint density at radius 3 is 2.44 bits per heavy atom. The Hall–Kier alpha value is -1.09. The summed E-state index contributed by atoms with van der Waals surface area (Å²) in [5.74, 6) is 1.00. The lowest BCUT2D eigenvalue weighted by Gasteiger charge is -2.21. The molecule has 18 heavy (non-hydrogen) atoms. The third kappa shape index (κ3) is 5.50. The molecule has 0 unspecified atom stereocenters. The number of nitrogens with one attached hydrogen (secondary N) is 1. The summed E-state index contributed by atoms with van der Waals surface area (Å²) in [5.41, 5.74) is 1.35. The van der Waals surface area contributed by atoms with Gasteiger partial charge in [-0.1, -0.05) is 20.8 Å². The van der Waals surface area contributed by atoms with E-state index < -0.39 is 0 Å². The second kappa shape index (κ2) is 8.92. The molecule has 102 valence electrons. The van der Waals surface area contributed by atoms with Gasteiger partial charge < -0.3 is 5.32 Å². The Kier molecular flexibility index (Phi) is 7.42. The van der Waals surface area contributed by atoms with Crippen LogP contribution >= 0.6 is 0 Å². The van der Waals surface area contributed by atoms with E-state index in [1.807, 2.05) is 6.20 Å². The van der Waals surface area contributed by atoms with Gasteiger partial charge in [-0.05, 0) is 50.0 Å². The van der Waals surface area contributed by atoms with Crippen LogP contribution in [0.3, 0.4) is 0 Å². The van der Waals surface area contributed by atoms with Crippen LogP contribution < -0.4 is 5.32 Å². The fourth-order valence-corrected chi connectivity index (χ4v) is 2.08. The largest absolute Gasteiger partial charge is 0.370 e. The highest BCUT2D eigenvalue weighted by Crippen LogP contribution is 2.10. The zero-order chi connectivity index (χ0) is 13.2. The second-order valence-corrected chi connectivity index (χ2v) is 4.75.